The van der Waals surface area contributed by atoms with E-state index in [4.69, 9.17) is 18.5 Å². The van der Waals surface area contributed by atoms with Gasteiger partial charge in [-0.1, -0.05) is 188 Å². The second-order valence-corrected chi connectivity index (χ2v) is 18.9. The minimum atomic E-state index is -4.63. The zero-order chi connectivity index (χ0) is 47.1. The second kappa shape index (κ2) is 45.1. The number of quaternary nitrogens is 1. The van der Waals surface area contributed by atoms with E-state index in [1.54, 1.807) is 0 Å². The molecule has 0 aromatic heterocycles. The van der Waals surface area contributed by atoms with Crippen molar-refractivity contribution in [2.75, 3.05) is 47.5 Å². The molecule has 64 heavy (non-hydrogen) atoms. The molecule has 0 bridgehead atoms. The number of allylic oxidation sites excluding steroid dienone is 16. The Morgan fingerprint density at radius 1 is 0.500 bits per heavy atom. The molecule has 0 radical (unpaired) electrons. The van der Waals surface area contributed by atoms with Gasteiger partial charge in [0, 0.05) is 12.8 Å². The Bertz CT molecular complexity index is 1400. The van der Waals surface area contributed by atoms with Crippen LogP contribution in [0.3, 0.4) is 0 Å². The van der Waals surface area contributed by atoms with Crippen LogP contribution < -0.4 is 4.89 Å². The summed E-state index contributed by atoms with van der Waals surface area (Å²) in [6, 6.07) is 0. The van der Waals surface area contributed by atoms with Crippen molar-refractivity contribution in [2.45, 2.75) is 187 Å². The van der Waals surface area contributed by atoms with Crippen molar-refractivity contribution in [3.63, 3.8) is 0 Å². The fraction of sp³-hybridized carbons (Fsp3) is 0.667. The van der Waals surface area contributed by atoms with Crippen LogP contribution in [0.2, 0.25) is 0 Å². The van der Waals surface area contributed by atoms with E-state index in [9.17, 15) is 19.0 Å². The average Bonchev–Trinajstić information content (AvgIpc) is 3.25. The highest BCUT2D eigenvalue weighted by Crippen LogP contribution is 2.38. The molecule has 2 atom stereocenters. The van der Waals surface area contributed by atoms with E-state index in [1.807, 2.05) is 21.1 Å². The molecule has 0 aliphatic carbocycles. The fourth-order valence-electron chi connectivity index (χ4n) is 6.26. The third-order valence-electron chi connectivity index (χ3n) is 10.1. The van der Waals surface area contributed by atoms with Gasteiger partial charge in [0.15, 0.2) is 6.10 Å². The van der Waals surface area contributed by atoms with Gasteiger partial charge < -0.3 is 27.9 Å². The first-order chi connectivity index (χ1) is 31.0. The maximum Gasteiger partial charge on any atom is 0.306 e. The standard InChI is InChI=1S/C54H92NO8P/c1-6-8-10-12-14-16-17-18-19-20-21-22-23-24-25-26-27-28-29-30-31-32-33-34-35-36-37-39-41-43-45-47-54(57)63-52(51-62-64(58,59)61-49-48-55(3,4)5)50-60-53(56)46-44-42-40-38-15-13-11-9-7-2/h8,10,14,16,18-19,21-22,24-25,27-28,30-31,33-34,52H,6-7,9,11-13,15,17,20,23,26,29,32,35-51H2,1-5H3/b10-8-,16-14-,19-18-,22-21-,25-24-,28-27-,31-30-,34-33-. The van der Waals surface area contributed by atoms with Crippen molar-refractivity contribution in [3.8, 4) is 0 Å². The first-order valence-corrected chi connectivity index (χ1v) is 26.4. The van der Waals surface area contributed by atoms with Crippen molar-refractivity contribution in [3.05, 3.63) is 97.2 Å². The lowest BCUT2D eigenvalue weighted by atomic mass is 10.1. The summed E-state index contributed by atoms with van der Waals surface area (Å²) in [6.07, 6.45) is 60.2. The highest BCUT2D eigenvalue weighted by Gasteiger charge is 2.21. The third kappa shape index (κ3) is 48.4. The van der Waals surface area contributed by atoms with Gasteiger partial charge in [-0.2, -0.15) is 0 Å². The molecular weight excluding hydrogens is 822 g/mol. The van der Waals surface area contributed by atoms with Gasteiger partial charge in [0.05, 0.1) is 27.7 Å². The van der Waals surface area contributed by atoms with Crippen LogP contribution in [0.1, 0.15) is 181 Å². The lowest BCUT2D eigenvalue weighted by Gasteiger charge is -2.28. The largest absolute Gasteiger partial charge is 0.756 e. The van der Waals surface area contributed by atoms with E-state index in [2.05, 4.69) is 111 Å². The van der Waals surface area contributed by atoms with Crippen LogP contribution in [-0.2, 0) is 32.7 Å². The molecule has 0 amide bonds. The molecule has 0 aromatic carbocycles. The SMILES string of the molecule is CC/C=C\C/C=C\C/C=C\C/C=C\C/C=C\C/C=C\C/C=C\C/C=C\CCCCCCCCC(=O)OC(COC(=O)CCCCCCCCCCC)COP(=O)([O-])OCC[N+](C)(C)C. The molecule has 366 valence electrons. The van der Waals surface area contributed by atoms with Gasteiger partial charge in [0.2, 0.25) is 0 Å². The van der Waals surface area contributed by atoms with Crippen LogP contribution in [-0.4, -0.2) is 70.0 Å². The zero-order valence-corrected chi connectivity index (χ0v) is 42.1. The smallest absolute Gasteiger partial charge is 0.306 e. The second-order valence-electron chi connectivity index (χ2n) is 17.5. The maximum atomic E-state index is 12.7. The summed E-state index contributed by atoms with van der Waals surface area (Å²) in [5.41, 5.74) is 0. The fourth-order valence-corrected chi connectivity index (χ4v) is 6.99. The number of carbonyl (C=O) groups excluding carboxylic acids is 2. The minimum absolute atomic E-state index is 0.0381. The van der Waals surface area contributed by atoms with Crippen LogP contribution in [0.25, 0.3) is 0 Å². The molecule has 0 spiro atoms. The van der Waals surface area contributed by atoms with Crippen molar-refractivity contribution in [1.82, 2.24) is 0 Å². The number of nitrogens with zero attached hydrogens (tertiary/aromatic N) is 1. The predicted molar refractivity (Wildman–Crippen MR) is 268 cm³/mol. The highest BCUT2D eigenvalue weighted by molar-refractivity contribution is 7.45. The molecule has 0 saturated carbocycles. The lowest BCUT2D eigenvalue weighted by Crippen LogP contribution is -2.37. The number of carbonyl (C=O) groups is 2. The zero-order valence-electron chi connectivity index (χ0n) is 41.2. The molecule has 2 unspecified atom stereocenters. The lowest BCUT2D eigenvalue weighted by molar-refractivity contribution is -0.870. The van der Waals surface area contributed by atoms with E-state index >= 15 is 0 Å². The number of ether oxygens (including phenoxy) is 2. The van der Waals surface area contributed by atoms with Crippen molar-refractivity contribution in [2.24, 2.45) is 0 Å². The Hall–Kier alpha value is -3.07. The molecule has 0 heterocycles. The number of hydrogen-bond donors (Lipinski definition) is 0. The number of phosphoric ester groups is 1. The Balaban J connectivity index is 4.20. The minimum Gasteiger partial charge on any atom is -0.756 e. The third-order valence-corrected chi connectivity index (χ3v) is 11.1. The van der Waals surface area contributed by atoms with Crippen LogP contribution in [0, 0.1) is 0 Å². The molecule has 0 fully saturated rings. The normalized spacial score (nSPS) is 14.3. The number of phosphoric acid groups is 1. The number of rotatable bonds is 44. The van der Waals surface area contributed by atoms with Crippen LogP contribution in [0.15, 0.2) is 97.2 Å². The molecule has 9 nitrogen and oxygen atoms in total. The summed E-state index contributed by atoms with van der Waals surface area (Å²) < 4.78 is 33.9. The maximum absolute atomic E-state index is 12.7. The number of hydrogen-bond acceptors (Lipinski definition) is 8. The van der Waals surface area contributed by atoms with Gasteiger partial charge in [0.1, 0.15) is 19.8 Å². The van der Waals surface area contributed by atoms with Crippen LogP contribution >= 0.6 is 7.82 Å². The topological polar surface area (TPSA) is 111 Å². The first kappa shape index (κ1) is 60.9. The van der Waals surface area contributed by atoms with Gasteiger partial charge in [0.25, 0.3) is 7.82 Å². The summed E-state index contributed by atoms with van der Waals surface area (Å²) in [4.78, 5) is 37.5. The Kier molecular flexibility index (Phi) is 42.9. The van der Waals surface area contributed by atoms with E-state index < -0.39 is 32.5 Å². The molecular formula is C54H92NO8P. The quantitative estimate of drug-likeness (QED) is 0.0195. The summed E-state index contributed by atoms with van der Waals surface area (Å²) in [6.45, 7) is 4.05. The molecule has 0 rings (SSSR count). The van der Waals surface area contributed by atoms with E-state index in [-0.39, 0.29) is 26.1 Å². The van der Waals surface area contributed by atoms with Crippen molar-refractivity contribution >= 4 is 19.8 Å². The highest BCUT2D eigenvalue weighted by atomic mass is 31.2. The van der Waals surface area contributed by atoms with Crippen molar-refractivity contribution in [1.29, 1.82) is 0 Å². The monoisotopic (exact) mass is 914 g/mol. The summed E-state index contributed by atoms with van der Waals surface area (Å²) in [7, 11) is 1.14. The van der Waals surface area contributed by atoms with Gasteiger partial charge in [-0.3, -0.25) is 14.2 Å². The average molecular weight is 914 g/mol. The number of esters is 2. The van der Waals surface area contributed by atoms with Gasteiger partial charge in [-0.05, 0) is 77.0 Å². The van der Waals surface area contributed by atoms with Crippen molar-refractivity contribution < 1.29 is 42.1 Å². The Labute approximate surface area is 392 Å². The molecule has 0 saturated heterocycles. The molecule has 0 aliphatic heterocycles. The molecule has 0 aromatic rings. The van der Waals surface area contributed by atoms with E-state index in [0.29, 0.717) is 17.4 Å². The number of likely N-dealkylation sites (N-methyl/N-ethyl adjacent to an activating group) is 1. The van der Waals surface area contributed by atoms with E-state index in [1.165, 1.54) is 38.5 Å². The summed E-state index contributed by atoms with van der Waals surface area (Å²) >= 11 is 0. The van der Waals surface area contributed by atoms with Gasteiger partial charge in [-0.15, -0.1) is 0 Å². The van der Waals surface area contributed by atoms with Crippen LogP contribution in [0.4, 0.5) is 0 Å². The molecule has 10 heteroatoms. The first-order valence-electron chi connectivity index (χ1n) is 24.9. The van der Waals surface area contributed by atoms with Crippen LogP contribution in [0.5, 0.6) is 0 Å². The molecule has 0 N–H and O–H groups in total. The summed E-state index contributed by atoms with van der Waals surface area (Å²) in [5, 5.41) is 0. The Morgan fingerprint density at radius 3 is 1.33 bits per heavy atom. The van der Waals surface area contributed by atoms with Gasteiger partial charge in [-0.25, -0.2) is 0 Å². The summed E-state index contributed by atoms with van der Waals surface area (Å²) in [5.74, 6) is -0.861. The predicted octanol–water partition coefficient (Wildman–Crippen LogP) is 14.3. The number of unbranched alkanes of at least 4 members (excludes halogenated alkanes) is 14. The van der Waals surface area contributed by atoms with Gasteiger partial charge >= 0.3 is 11.9 Å². The molecule has 0 aliphatic rings. The Morgan fingerprint density at radius 2 is 0.891 bits per heavy atom. The van der Waals surface area contributed by atoms with E-state index in [0.717, 1.165) is 109 Å².